The molecule has 0 aromatic heterocycles. The van der Waals surface area contributed by atoms with Crippen molar-refractivity contribution in [3.8, 4) is 5.75 Å². The Morgan fingerprint density at radius 3 is 2.64 bits per heavy atom. The van der Waals surface area contributed by atoms with E-state index in [-0.39, 0.29) is 12.3 Å². The largest absolute Gasteiger partial charge is 0.483 e. The predicted molar refractivity (Wildman–Crippen MR) is 97.8 cm³/mol. The van der Waals surface area contributed by atoms with Gasteiger partial charge in [0.2, 0.25) is 0 Å². The Morgan fingerprint density at radius 1 is 1.32 bits per heavy atom. The number of ether oxygens (including phenoxy) is 1. The number of amides is 1. The van der Waals surface area contributed by atoms with Gasteiger partial charge in [0.05, 0.1) is 15.6 Å². The highest BCUT2D eigenvalue weighted by Crippen LogP contribution is 2.26. The number of nitrogens with one attached hydrogen (secondary N) is 1. The standard InChI is InChI=1S/C17H16BrN3O4/c1-2-12-5-8-16(15(18)9-12)25-11-17(22)20-19-10-13-3-6-14(7-4-13)21(23)24/h3-10H,2,11H2,1H3,(H,20,22). The summed E-state index contributed by atoms with van der Waals surface area (Å²) >= 11 is 3.40. The monoisotopic (exact) mass is 405 g/mol. The quantitative estimate of drug-likeness (QED) is 0.433. The predicted octanol–water partition coefficient (Wildman–Crippen LogP) is 3.45. The summed E-state index contributed by atoms with van der Waals surface area (Å²) in [5, 5.41) is 14.4. The third-order valence-corrected chi connectivity index (χ3v) is 3.89. The maximum atomic E-state index is 11.7. The van der Waals surface area contributed by atoms with E-state index in [1.54, 1.807) is 6.07 Å². The Balaban J connectivity index is 1.83. The van der Waals surface area contributed by atoms with Crippen LogP contribution in [0.1, 0.15) is 18.1 Å². The van der Waals surface area contributed by atoms with Crippen LogP contribution in [-0.2, 0) is 11.2 Å². The van der Waals surface area contributed by atoms with Crippen molar-refractivity contribution in [2.45, 2.75) is 13.3 Å². The number of nitro groups is 1. The number of hydrazone groups is 1. The van der Waals surface area contributed by atoms with Crippen molar-refractivity contribution in [1.29, 1.82) is 0 Å². The molecule has 130 valence electrons. The van der Waals surface area contributed by atoms with Crippen LogP contribution in [0.25, 0.3) is 0 Å². The molecule has 7 nitrogen and oxygen atoms in total. The summed E-state index contributed by atoms with van der Waals surface area (Å²) in [7, 11) is 0. The van der Waals surface area contributed by atoms with Crippen LogP contribution < -0.4 is 10.2 Å². The minimum atomic E-state index is -0.481. The molecule has 8 heteroatoms. The molecule has 0 fully saturated rings. The summed E-state index contributed by atoms with van der Waals surface area (Å²) in [6, 6.07) is 11.5. The lowest BCUT2D eigenvalue weighted by Crippen LogP contribution is -2.24. The zero-order chi connectivity index (χ0) is 18.2. The van der Waals surface area contributed by atoms with Crippen molar-refractivity contribution < 1.29 is 14.5 Å². The fourth-order valence-corrected chi connectivity index (χ4v) is 2.46. The van der Waals surface area contributed by atoms with E-state index in [1.807, 2.05) is 12.1 Å². The molecular weight excluding hydrogens is 390 g/mol. The zero-order valence-electron chi connectivity index (χ0n) is 13.4. The van der Waals surface area contributed by atoms with Gasteiger partial charge < -0.3 is 4.74 Å². The Morgan fingerprint density at radius 2 is 2.04 bits per heavy atom. The average Bonchev–Trinajstić information content (AvgIpc) is 2.61. The Hall–Kier alpha value is -2.74. The van der Waals surface area contributed by atoms with E-state index in [4.69, 9.17) is 4.74 Å². The molecule has 2 aromatic carbocycles. The number of nitro benzene ring substituents is 1. The maximum absolute atomic E-state index is 11.7. The zero-order valence-corrected chi connectivity index (χ0v) is 15.0. The lowest BCUT2D eigenvalue weighted by atomic mass is 10.2. The van der Waals surface area contributed by atoms with Gasteiger partial charge in [-0.3, -0.25) is 14.9 Å². The van der Waals surface area contributed by atoms with Crippen LogP contribution in [0, 0.1) is 10.1 Å². The highest BCUT2D eigenvalue weighted by atomic mass is 79.9. The molecule has 0 atom stereocenters. The van der Waals surface area contributed by atoms with Crippen molar-refractivity contribution >= 4 is 33.7 Å². The van der Waals surface area contributed by atoms with Gasteiger partial charge in [-0.2, -0.15) is 5.10 Å². The summed E-state index contributed by atoms with van der Waals surface area (Å²) in [5.74, 6) is 0.163. The molecule has 0 aliphatic rings. The molecule has 0 saturated heterocycles. The van der Waals surface area contributed by atoms with Crippen LogP contribution in [-0.4, -0.2) is 23.7 Å². The first kappa shape index (κ1) is 18.6. The van der Waals surface area contributed by atoms with Crippen LogP contribution in [0.15, 0.2) is 52.0 Å². The van der Waals surface area contributed by atoms with Crippen molar-refractivity contribution in [2.75, 3.05) is 6.61 Å². The van der Waals surface area contributed by atoms with Crippen LogP contribution in [0.5, 0.6) is 5.75 Å². The molecule has 0 aliphatic heterocycles. The first-order valence-electron chi connectivity index (χ1n) is 7.47. The van der Waals surface area contributed by atoms with Crippen molar-refractivity contribution in [3.05, 3.63) is 68.2 Å². The third-order valence-electron chi connectivity index (χ3n) is 3.27. The summed E-state index contributed by atoms with van der Waals surface area (Å²) in [6.07, 6.45) is 2.31. The summed E-state index contributed by atoms with van der Waals surface area (Å²) in [5.41, 5.74) is 4.12. The average molecular weight is 406 g/mol. The SMILES string of the molecule is CCc1ccc(OCC(=O)NN=Cc2ccc([N+](=O)[O-])cc2)c(Br)c1. The number of hydrogen-bond donors (Lipinski definition) is 1. The van der Waals surface area contributed by atoms with E-state index >= 15 is 0 Å². The number of carbonyl (C=O) groups excluding carboxylic acids is 1. The maximum Gasteiger partial charge on any atom is 0.277 e. The second-order valence-corrected chi connectivity index (χ2v) is 5.90. The van der Waals surface area contributed by atoms with Crippen molar-refractivity contribution in [3.63, 3.8) is 0 Å². The summed E-state index contributed by atoms with van der Waals surface area (Å²) in [4.78, 5) is 21.8. The van der Waals surface area contributed by atoms with Crippen molar-refractivity contribution in [1.82, 2.24) is 5.43 Å². The molecule has 1 amide bonds. The van der Waals surface area contributed by atoms with E-state index < -0.39 is 10.8 Å². The molecule has 1 N–H and O–H groups in total. The molecule has 25 heavy (non-hydrogen) atoms. The van der Waals surface area contributed by atoms with Gasteiger partial charge in [0.25, 0.3) is 11.6 Å². The molecule has 0 bridgehead atoms. The van der Waals surface area contributed by atoms with Gasteiger partial charge in [-0.15, -0.1) is 0 Å². The molecule has 0 unspecified atom stereocenters. The third kappa shape index (κ3) is 5.68. The number of non-ortho nitro benzene ring substituents is 1. The number of benzene rings is 2. The van der Waals surface area contributed by atoms with Crippen LogP contribution >= 0.6 is 15.9 Å². The Bertz CT molecular complexity index is 791. The van der Waals surface area contributed by atoms with E-state index in [0.717, 1.165) is 16.5 Å². The van der Waals surface area contributed by atoms with E-state index in [2.05, 4.69) is 33.4 Å². The number of hydrogen-bond acceptors (Lipinski definition) is 5. The lowest BCUT2D eigenvalue weighted by molar-refractivity contribution is -0.384. The van der Waals surface area contributed by atoms with Gasteiger partial charge >= 0.3 is 0 Å². The Labute approximate surface area is 153 Å². The van der Waals surface area contributed by atoms with Gasteiger partial charge in [0.1, 0.15) is 5.75 Å². The van der Waals surface area contributed by atoms with E-state index in [9.17, 15) is 14.9 Å². The second kappa shape index (κ2) is 8.93. The highest BCUT2D eigenvalue weighted by molar-refractivity contribution is 9.10. The molecule has 0 spiro atoms. The molecule has 2 aromatic rings. The fraction of sp³-hybridized carbons (Fsp3) is 0.176. The number of aryl methyl sites for hydroxylation is 1. The Kier molecular flexibility index (Phi) is 6.64. The van der Waals surface area contributed by atoms with Gasteiger partial charge in [0, 0.05) is 12.1 Å². The van der Waals surface area contributed by atoms with Gasteiger partial charge in [-0.25, -0.2) is 5.43 Å². The van der Waals surface area contributed by atoms with Crippen LogP contribution in [0.4, 0.5) is 5.69 Å². The normalized spacial score (nSPS) is 10.6. The van der Waals surface area contributed by atoms with Gasteiger partial charge in [-0.1, -0.05) is 13.0 Å². The number of rotatable bonds is 7. The number of halogens is 1. The van der Waals surface area contributed by atoms with E-state index in [1.165, 1.54) is 30.5 Å². The first-order valence-corrected chi connectivity index (χ1v) is 8.26. The minimum absolute atomic E-state index is 0.00532. The molecular formula is C17H16BrN3O4. The smallest absolute Gasteiger partial charge is 0.277 e. The van der Waals surface area contributed by atoms with Gasteiger partial charge in [-0.05, 0) is 57.7 Å². The summed E-state index contributed by atoms with van der Waals surface area (Å²) < 4.78 is 6.22. The van der Waals surface area contributed by atoms with Crippen molar-refractivity contribution in [2.24, 2.45) is 5.10 Å². The van der Waals surface area contributed by atoms with Crippen LogP contribution in [0.3, 0.4) is 0 Å². The fourth-order valence-electron chi connectivity index (χ4n) is 1.92. The minimum Gasteiger partial charge on any atom is -0.483 e. The lowest BCUT2D eigenvalue weighted by Gasteiger charge is -2.08. The number of carbonyl (C=O) groups is 1. The first-order chi connectivity index (χ1) is 12.0. The second-order valence-electron chi connectivity index (χ2n) is 5.05. The van der Waals surface area contributed by atoms with E-state index in [0.29, 0.717) is 11.3 Å². The number of nitrogens with zero attached hydrogens (tertiary/aromatic N) is 2. The summed E-state index contributed by atoms with van der Waals surface area (Å²) in [6.45, 7) is 1.88. The molecule has 0 heterocycles. The topological polar surface area (TPSA) is 93.8 Å². The molecule has 0 saturated carbocycles. The van der Waals surface area contributed by atoms with Crippen LogP contribution in [0.2, 0.25) is 0 Å². The molecule has 0 radical (unpaired) electrons. The van der Waals surface area contributed by atoms with Gasteiger partial charge in [0.15, 0.2) is 6.61 Å². The molecule has 0 aliphatic carbocycles. The highest BCUT2D eigenvalue weighted by Gasteiger charge is 2.06. The molecule has 2 rings (SSSR count).